The van der Waals surface area contributed by atoms with Crippen LogP contribution in [0.5, 0.6) is 5.88 Å². The molecule has 19 heavy (non-hydrogen) atoms. The van der Waals surface area contributed by atoms with E-state index in [1.165, 1.54) is 0 Å². The van der Waals surface area contributed by atoms with Crippen LogP contribution < -0.4 is 9.64 Å². The van der Waals surface area contributed by atoms with E-state index >= 15 is 0 Å². The zero-order valence-electron chi connectivity index (χ0n) is 11.4. The van der Waals surface area contributed by atoms with Gasteiger partial charge in [-0.1, -0.05) is 6.92 Å². The molecule has 1 aromatic heterocycles. The van der Waals surface area contributed by atoms with Crippen molar-refractivity contribution < 1.29 is 14.6 Å². The zero-order valence-corrected chi connectivity index (χ0v) is 11.4. The van der Waals surface area contributed by atoms with Gasteiger partial charge >= 0.3 is 5.97 Å². The van der Waals surface area contributed by atoms with Gasteiger partial charge in [0.1, 0.15) is 6.04 Å². The number of ether oxygens (including phenoxy) is 1. The van der Waals surface area contributed by atoms with Crippen LogP contribution in [0.4, 0.5) is 5.95 Å². The van der Waals surface area contributed by atoms with Gasteiger partial charge in [-0.15, -0.1) is 0 Å². The zero-order chi connectivity index (χ0) is 14.0. The minimum Gasteiger partial charge on any atom is -0.480 e. The fourth-order valence-corrected chi connectivity index (χ4v) is 2.33. The van der Waals surface area contributed by atoms with Gasteiger partial charge in [-0.3, -0.25) is 0 Å². The van der Waals surface area contributed by atoms with Crippen molar-refractivity contribution in [2.24, 2.45) is 5.92 Å². The van der Waals surface area contributed by atoms with Crippen molar-refractivity contribution in [2.75, 3.05) is 11.4 Å². The van der Waals surface area contributed by atoms with Crippen molar-refractivity contribution in [2.45, 2.75) is 39.3 Å². The summed E-state index contributed by atoms with van der Waals surface area (Å²) in [6, 6.07) is 1.12. The summed E-state index contributed by atoms with van der Waals surface area (Å²) in [5.74, 6) is 0.165. The maximum atomic E-state index is 11.3. The summed E-state index contributed by atoms with van der Waals surface area (Å²) in [6.45, 7) is 6.43. The number of rotatable bonds is 4. The fraction of sp³-hybridized carbons (Fsp3) is 0.615. The van der Waals surface area contributed by atoms with Gasteiger partial charge in [0.15, 0.2) is 0 Å². The van der Waals surface area contributed by atoms with Crippen LogP contribution in [-0.4, -0.2) is 39.7 Å². The standard InChI is InChI=1S/C13H19N3O3/c1-8(2)19-10-4-6-14-13(15-10)16-7-5-9(3)11(16)12(17)18/h4,6,8-9,11H,5,7H2,1-3H3,(H,17,18). The molecule has 1 saturated heterocycles. The van der Waals surface area contributed by atoms with Crippen LogP contribution in [-0.2, 0) is 4.79 Å². The molecule has 1 aliphatic rings. The lowest BCUT2D eigenvalue weighted by Crippen LogP contribution is -2.40. The Labute approximate surface area is 112 Å². The number of carboxylic acid groups (broad SMARTS) is 1. The average Bonchev–Trinajstić information content (AvgIpc) is 2.70. The van der Waals surface area contributed by atoms with Crippen LogP contribution in [0.15, 0.2) is 12.3 Å². The van der Waals surface area contributed by atoms with Gasteiger partial charge in [-0.05, 0) is 26.2 Å². The van der Waals surface area contributed by atoms with Gasteiger partial charge in [0.05, 0.1) is 6.10 Å². The van der Waals surface area contributed by atoms with E-state index in [2.05, 4.69) is 9.97 Å². The number of hydrogen-bond donors (Lipinski definition) is 1. The molecule has 1 aliphatic heterocycles. The number of aliphatic carboxylic acids is 1. The van der Waals surface area contributed by atoms with E-state index in [0.717, 1.165) is 6.42 Å². The van der Waals surface area contributed by atoms with Crippen LogP contribution >= 0.6 is 0 Å². The topological polar surface area (TPSA) is 75.5 Å². The molecule has 0 aliphatic carbocycles. The fourth-order valence-electron chi connectivity index (χ4n) is 2.33. The third-order valence-electron chi connectivity index (χ3n) is 3.18. The van der Waals surface area contributed by atoms with Gasteiger partial charge in [-0.2, -0.15) is 4.98 Å². The first-order valence-electron chi connectivity index (χ1n) is 6.48. The van der Waals surface area contributed by atoms with Crippen molar-refractivity contribution in [3.8, 4) is 5.88 Å². The number of nitrogens with zero attached hydrogens (tertiary/aromatic N) is 3. The molecule has 6 nitrogen and oxygen atoms in total. The smallest absolute Gasteiger partial charge is 0.326 e. The molecule has 0 aromatic carbocycles. The average molecular weight is 265 g/mol. The molecule has 104 valence electrons. The highest BCUT2D eigenvalue weighted by Gasteiger charge is 2.38. The normalized spacial score (nSPS) is 22.8. The quantitative estimate of drug-likeness (QED) is 0.890. The highest BCUT2D eigenvalue weighted by molar-refractivity contribution is 5.78. The molecule has 2 unspecified atom stereocenters. The maximum Gasteiger partial charge on any atom is 0.326 e. The molecule has 2 heterocycles. The lowest BCUT2D eigenvalue weighted by molar-refractivity contribution is -0.139. The van der Waals surface area contributed by atoms with Crippen LogP contribution in [0.25, 0.3) is 0 Å². The van der Waals surface area contributed by atoms with Crippen LogP contribution in [0.1, 0.15) is 27.2 Å². The lowest BCUT2D eigenvalue weighted by atomic mass is 10.0. The Morgan fingerprint density at radius 1 is 1.58 bits per heavy atom. The van der Waals surface area contributed by atoms with Crippen molar-refractivity contribution >= 4 is 11.9 Å². The Balaban J connectivity index is 2.23. The molecule has 6 heteroatoms. The second kappa shape index (κ2) is 5.42. The summed E-state index contributed by atoms with van der Waals surface area (Å²) in [5.41, 5.74) is 0. The van der Waals surface area contributed by atoms with Gasteiger partial charge in [0, 0.05) is 18.8 Å². The number of carboxylic acids is 1. The Morgan fingerprint density at radius 2 is 2.32 bits per heavy atom. The monoisotopic (exact) mass is 265 g/mol. The Hall–Kier alpha value is -1.85. The predicted octanol–water partition coefficient (Wildman–Crippen LogP) is 1.56. The van der Waals surface area contributed by atoms with Gasteiger partial charge < -0.3 is 14.7 Å². The summed E-state index contributed by atoms with van der Waals surface area (Å²) in [7, 11) is 0. The van der Waals surface area contributed by atoms with E-state index in [4.69, 9.17) is 4.74 Å². The van der Waals surface area contributed by atoms with E-state index in [1.807, 2.05) is 20.8 Å². The summed E-state index contributed by atoms with van der Waals surface area (Å²) in [6.07, 6.45) is 2.45. The number of aromatic nitrogens is 2. The second-order valence-electron chi connectivity index (χ2n) is 5.10. The van der Waals surface area contributed by atoms with Crippen molar-refractivity contribution in [1.82, 2.24) is 9.97 Å². The highest BCUT2D eigenvalue weighted by atomic mass is 16.5. The molecule has 1 fully saturated rings. The van der Waals surface area contributed by atoms with Crippen LogP contribution in [0.3, 0.4) is 0 Å². The van der Waals surface area contributed by atoms with E-state index in [9.17, 15) is 9.90 Å². The molecule has 2 rings (SSSR count). The van der Waals surface area contributed by atoms with Crippen LogP contribution in [0.2, 0.25) is 0 Å². The summed E-state index contributed by atoms with van der Waals surface area (Å²) >= 11 is 0. The summed E-state index contributed by atoms with van der Waals surface area (Å²) < 4.78 is 5.51. The van der Waals surface area contributed by atoms with E-state index in [-0.39, 0.29) is 12.0 Å². The predicted molar refractivity (Wildman–Crippen MR) is 70.3 cm³/mol. The largest absolute Gasteiger partial charge is 0.480 e. The number of carbonyl (C=O) groups is 1. The third-order valence-corrected chi connectivity index (χ3v) is 3.18. The summed E-state index contributed by atoms with van der Waals surface area (Å²) in [5, 5.41) is 9.30. The number of hydrogen-bond acceptors (Lipinski definition) is 5. The Bertz CT molecular complexity index is 464. The SMILES string of the molecule is CC(C)Oc1ccnc(N2CCC(C)C2C(=O)O)n1. The molecular weight excluding hydrogens is 246 g/mol. The third kappa shape index (κ3) is 2.94. The van der Waals surface area contributed by atoms with Crippen LogP contribution in [0, 0.1) is 5.92 Å². The van der Waals surface area contributed by atoms with E-state index < -0.39 is 12.0 Å². The minimum absolute atomic E-state index is 0.0236. The van der Waals surface area contributed by atoms with E-state index in [1.54, 1.807) is 17.2 Å². The molecule has 0 spiro atoms. The Morgan fingerprint density at radius 3 is 2.95 bits per heavy atom. The molecule has 1 N–H and O–H groups in total. The van der Waals surface area contributed by atoms with E-state index in [0.29, 0.717) is 18.4 Å². The lowest BCUT2D eigenvalue weighted by Gasteiger charge is -2.23. The van der Waals surface area contributed by atoms with Crippen molar-refractivity contribution in [1.29, 1.82) is 0 Å². The molecule has 1 aromatic rings. The van der Waals surface area contributed by atoms with Gasteiger partial charge in [-0.25, -0.2) is 9.78 Å². The Kier molecular flexibility index (Phi) is 3.87. The molecule has 0 saturated carbocycles. The summed E-state index contributed by atoms with van der Waals surface area (Å²) in [4.78, 5) is 21.5. The maximum absolute atomic E-state index is 11.3. The first-order valence-corrected chi connectivity index (χ1v) is 6.48. The first kappa shape index (κ1) is 13.6. The molecule has 0 amide bonds. The second-order valence-corrected chi connectivity index (χ2v) is 5.10. The highest BCUT2D eigenvalue weighted by Crippen LogP contribution is 2.28. The van der Waals surface area contributed by atoms with Crippen molar-refractivity contribution in [3.05, 3.63) is 12.3 Å². The number of anilines is 1. The molecular formula is C13H19N3O3. The minimum atomic E-state index is -0.830. The van der Waals surface area contributed by atoms with Crippen molar-refractivity contribution in [3.63, 3.8) is 0 Å². The molecule has 2 atom stereocenters. The first-order chi connectivity index (χ1) is 8.99. The molecule has 0 bridgehead atoms. The molecule has 0 radical (unpaired) electrons. The van der Waals surface area contributed by atoms with Gasteiger partial charge in [0.2, 0.25) is 11.8 Å². The van der Waals surface area contributed by atoms with Gasteiger partial charge in [0.25, 0.3) is 0 Å².